The lowest BCUT2D eigenvalue weighted by Gasteiger charge is -1.91. The zero-order valence-corrected chi connectivity index (χ0v) is 11.1. The lowest BCUT2D eigenvalue weighted by molar-refractivity contribution is 0.410. The van der Waals surface area contributed by atoms with Gasteiger partial charge < -0.3 is 9.47 Å². The molecule has 2 aliphatic rings. The fourth-order valence-electron chi connectivity index (χ4n) is 1.44. The van der Waals surface area contributed by atoms with Crippen LogP contribution in [0.25, 0.3) is 0 Å². The summed E-state index contributed by atoms with van der Waals surface area (Å²) in [7, 11) is 0. The van der Waals surface area contributed by atoms with Crippen molar-refractivity contribution in [2.75, 3.05) is 13.2 Å². The van der Waals surface area contributed by atoms with E-state index in [0.29, 0.717) is 18.9 Å². The van der Waals surface area contributed by atoms with E-state index in [4.69, 9.17) is 9.47 Å². The minimum Gasteiger partial charge on any atom is -0.374 e. The minimum absolute atomic E-state index is 0. The quantitative estimate of drug-likeness (QED) is 0.541. The van der Waals surface area contributed by atoms with Gasteiger partial charge in [0.05, 0.1) is 25.4 Å². The maximum atomic E-state index is 5.04. The molecule has 17 heavy (non-hydrogen) atoms. The van der Waals surface area contributed by atoms with Gasteiger partial charge in [-0.3, -0.25) is 0 Å². The highest BCUT2D eigenvalue weighted by Crippen LogP contribution is 2.15. The molecule has 4 heteroatoms. The van der Waals surface area contributed by atoms with Crippen LogP contribution in [0.1, 0.15) is 13.8 Å². The van der Waals surface area contributed by atoms with Gasteiger partial charge in [-0.25, -0.2) is 0 Å². The monoisotopic (exact) mass is 238 g/mol. The van der Waals surface area contributed by atoms with Crippen molar-refractivity contribution in [1.82, 2.24) is 0 Å². The van der Waals surface area contributed by atoms with E-state index in [-0.39, 0.29) is 7.43 Å². The van der Waals surface area contributed by atoms with Crippen LogP contribution in [0.4, 0.5) is 0 Å². The molecule has 2 rings (SSSR count). The lowest BCUT2D eigenvalue weighted by Crippen LogP contribution is -2.02. The summed E-state index contributed by atoms with van der Waals surface area (Å²) in [6, 6.07) is 0. The van der Waals surface area contributed by atoms with Crippen LogP contribution >= 0.6 is 0 Å². The number of rotatable bonds is 5. The molecule has 2 saturated heterocycles. The second-order valence-electron chi connectivity index (χ2n) is 5.45. The molecule has 2 atom stereocenters. The highest BCUT2D eigenvalue weighted by Gasteiger charge is 2.23. The average Bonchev–Trinajstić information content (AvgIpc) is 2.97. The van der Waals surface area contributed by atoms with E-state index in [0.717, 1.165) is 26.3 Å². The maximum absolute atomic E-state index is 5.04. The molecule has 0 aromatic heterocycles. The molecule has 0 aromatic rings. The first-order chi connectivity index (χ1) is 7.58. The highest BCUT2D eigenvalue weighted by molar-refractivity contribution is 6.61. The van der Waals surface area contributed by atoms with Crippen molar-refractivity contribution in [3.05, 3.63) is 12.1 Å². The van der Waals surface area contributed by atoms with Crippen LogP contribution < -0.4 is 0 Å². The van der Waals surface area contributed by atoms with Crippen molar-refractivity contribution in [2.45, 2.75) is 59.7 Å². The third kappa shape index (κ3) is 12.0. The van der Waals surface area contributed by atoms with E-state index >= 15 is 0 Å². The first-order valence-corrected chi connectivity index (χ1v) is 6.47. The minimum atomic E-state index is 0. The summed E-state index contributed by atoms with van der Waals surface area (Å²) in [4.78, 5) is 0. The molecule has 2 unspecified atom stereocenters. The Morgan fingerprint density at radius 2 is 1.59 bits per heavy atom. The first kappa shape index (κ1) is 16.8. The van der Waals surface area contributed by atoms with Gasteiger partial charge in [0.25, 0.3) is 0 Å². The van der Waals surface area contributed by atoms with E-state index < -0.39 is 0 Å². The third-order valence-corrected chi connectivity index (χ3v) is 2.46. The largest absolute Gasteiger partial charge is 0.374 e. The van der Waals surface area contributed by atoms with Crippen molar-refractivity contribution in [3.63, 3.8) is 0 Å². The Morgan fingerprint density at radius 3 is 1.88 bits per heavy atom. The molecule has 98 valence electrons. The van der Waals surface area contributed by atoms with Gasteiger partial charge in [0, 0.05) is 0 Å². The first-order valence-electron chi connectivity index (χ1n) is 6.47. The molecule has 2 heterocycles. The van der Waals surface area contributed by atoms with Crippen LogP contribution in [0.3, 0.4) is 0 Å². The Bertz CT molecular complexity index is 209. The molecule has 0 amide bonds. The summed E-state index contributed by atoms with van der Waals surface area (Å²) in [6.07, 6.45) is 5.75. The third-order valence-electron chi connectivity index (χ3n) is 2.46. The molecule has 0 saturated carbocycles. The summed E-state index contributed by atoms with van der Waals surface area (Å²) < 4.78 is 10.1. The van der Waals surface area contributed by atoms with Crippen LogP contribution in [0.5, 0.6) is 0 Å². The standard InChI is InChI=1S/C7H13BO.C5H11BO.CH4/c1-8(2)5-3-4-7-6-9-7;1-6(2)3-5-4-7-5;/h3,5,7H,4,6H2,1-2H3;5H,3-4H2,1-2H3;1H4. The number of hydrogen-bond donors (Lipinski definition) is 0. The van der Waals surface area contributed by atoms with Gasteiger partial charge in [0.2, 0.25) is 0 Å². The molecule has 0 aliphatic carbocycles. The van der Waals surface area contributed by atoms with Crippen LogP contribution in [0, 0.1) is 0 Å². The predicted molar refractivity (Wildman–Crippen MR) is 79.7 cm³/mol. The van der Waals surface area contributed by atoms with E-state index in [1.54, 1.807) is 0 Å². The van der Waals surface area contributed by atoms with Gasteiger partial charge in [0.1, 0.15) is 6.71 Å². The van der Waals surface area contributed by atoms with Gasteiger partial charge in [0.15, 0.2) is 6.71 Å². The second-order valence-corrected chi connectivity index (χ2v) is 5.45. The molecule has 2 nitrogen and oxygen atoms in total. The van der Waals surface area contributed by atoms with Gasteiger partial charge in [-0.2, -0.15) is 0 Å². The number of hydrogen-bond acceptors (Lipinski definition) is 2. The summed E-state index contributed by atoms with van der Waals surface area (Å²) in [5.41, 5.74) is 0. The Morgan fingerprint density at radius 1 is 1.06 bits per heavy atom. The molecule has 0 aromatic carbocycles. The van der Waals surface area contributed by atoms with Crippen LogP contribution in [0.2, 0.25) is 33.6 Å². The molecule has 0 bridgehead atoms. The molecule has 2 fully saturated rings. The van der Waals surface area contributed by atoms with Crippen LogP contribution in [-0.4, -0.2) is 38.8 Å². The van der Waals surface area contributed by atoms with Crippen molar-refractivity contribution < 1.29 is 9.47 Å². The zero-order chi connectivity index (χ0) is 12.0. The van der Waals surface area contributed by atoms with E-state index in [2.05, 4.69) is 39.3 Å². The van der Waals surface area contributed by atoms with Gasteiger partial charge >= 0.3 is 0 Å². The molecular formula is C13H28B2O2. The molecule has 0 spiro atoms. The van der Waals surface area contributed by atoms with Crippen LogP contribution in [-0.2, 0) is 9.47 Å². The fourth-order valence-corrected chi connectivity index (χ4v) is 1.44. The summed E-state index contributed by atoms with van der Waals surface area (Å²) in [5, 5.41) is 0. The maximum Gasteiger partial charge on any atom is 0.159 e. The SMILES string of the molecule is C.CB(C)C=CCC1CO1.CB(C)CC1CO1. The Balaban J connectivity index is 0.000000292. The average molecular weight is 238 g/mol. The van der Waals surface area contributed by atoms with E-state index in [1.165, 1.54) is 6.32 Å². The fraction of sp³-hybridized carbons (Fsp3) is 0.846. The highest BCUT2D eigenvalue weighted by atomic mass is 16.6. The summed E-state index contributed by atoms with van der Waals surface area (Å²) in [5.74, 6) is 2.22. The van der Waals surface area contributed by atoms with Gasteiger partial charge in [-0.15, -0.1) is 5.98 Å². The van der Waals surface area contributed by atoms with E-state index in [1.807, 2.05) is 0 Å². The van der Waals surface area contributed by atoms with Crippen LogP contribution in [0.15, 0.2) is 12.1 Å². The number of ether oxygens (including phenoxy) is 2. The lowest BCUT2D eigenvalue weighted by atomic mass is 9.51. The van der Waals surface area contributed by atoms with Gasteiger partial charge in [-0.1, -0.05) is 40.8 Å². The smallest absolute Gasteiger partial charge is 0.159 e. The molecule has 0 radical (unpaired) electrons. The van der Waals surface area contributed by atoms with E-state index in [9.17, 15) is 0 Å². The van der Waals surface area contributed by atoms with Crippen molar-refractivity contribution in [1.29, 1.82) is 0 Å². The Kier molecular flexibility index (Phi) is 8.71. The van der Waals surface area contributed by atoms with Crippen molar-refractivity contribution in [3.8, 4) is 0 Å². The topological polar surface area (TPSA) is 25.1 Å². The summed E-state index contributed by atoms with van der Waals surface area (Å²) in [6.45, 7) is 12.3. The summed E-state index contributed by atoms with van der Waals surface area (Å²) >= 11 is 0. The molecule has 2 aliphatic heterocycles. The molecular weight excluding hydrogens is 210 g/mol. The Hall–Kier alpha value is -0.210. The normalized spacial score (nSPS) is 24.5. The second kappa shape index (κ2) is 8.82. The Labute approximate surface area is 108 Å². The van der Waals surface area contributed by atoms with Crippen molar-refractivity contribution >= 4 is 13.4 Å². The zero-order valence-electron chi connectivity index (χ0n) is 11.1. The predicted octanol–water partition coefficient (Wildman–Crippen LogP) is 3.40. The number of epoxide rings is 2. The molecule has 0 N–H and O–H groups in total. The van der Waals surface area contributed by atoms with Crippen molar-refractivity contribution in [2.24, 2.45) is 0 Å². The van der Waals surface area contributed by atoms with Gasteiger partial charge in [-0.05, 0) is 12.7 Å².